The molecule has 0 aliphatic rings. The summed E-state index contributed by atoms with van der Waals surface area (Å²) in [6.07, 6.45) is 0.869. The standard InChI is InChI=1S/C11H18N2O/c1-14-8-11(13)10-5-3-2-4-9(10)6-7-12/h2-5,11H,6-8,12-13H2,1H3. The van der Waals surface area contributed by atoms with Gasteiger partial charge in [0.05, 0.1) is 12.6 Å². The van der Waals surface area contributed by atoms with Crippen LogP contribution in [0.25, 0.3) is 0 Å². The summed E-state index contributed by atoms with van der Waals surface area (Å²) in [4.78, 5) is 0. The van der Waals surface area contributed by atoms with E-state index in [4.69, 9.17) is 16.2 Å². The molecule has 0 bridgehead atoms. The normalized spacial score (nSPS) is 12.8. The van der Waals surface area contributed by atoms with Crippen LogP contribution < -0.4 is 11.5 Å². The lowest BCUT2D eigenvalue weighted by Gasteiger charge is -2.15. The summed E-state index contributed by atoms with van der Waals surface area (Å²) in [6, 6.07) is 8.05. The zero-order valence-electron chi connectivity index (χ0n) is 8.57. The molecule has 1 atom stereocenters. The molecule has 0 saturated heterocycles. The second-order valence-corrected chi connectivity index (χ2v) is 3.30. The Morgan fingerprint density at radius 2 is 2.07 bits per heavy atom. The van der Waals surface area contributed by atoms with E-state index in [0.717, 1.165) is 12.0 Å². The van der Waals surface area contributed by atoms with Gasteiger partial charge in [0.1, 0.15) is 0 Å². The SMILES string of the molecule is COCC(N)c1ccccc1CCN. The monoisotopic (exact) mass is 194 g/mol. The van der Waals surface area contributed by atoms with Crippen LogP contribution in [0.1, 0.15) is 17.2 Å². The zero-order chi connectivity index (χ0) is 10.4. The molecule has 0 heterocycles. The van der Waals surface area contributed by atoms with Crippen LogP contribution in [-0.2, 0) is 11.2 Å². The van der Waals surface area contributed by atoms with E-state index in [1.807, 2.05) is 18.2 Å². The number of hydrogen-bond donors (Lipinski definition) is 2. The molecule has 0 spiro atoms. The van der Waals surface area contributed by atoms with Crippen molar-refractivity contribution in [2.45, 2.75) is 12.5 Å². The second-order valence-electron chi connectivity index (χ2n) is 3.30. The summed E-state index contributed by atoms with van der Waals surface area (Å²) in [5.74, 6) is 0. The van der Waals surface area contributed by atoms with E-state index < -0.39 is 0 Å². The Bertz CT molecular complexity index is 276. The van der Waals surface area contributed by atoms with Crippen molar-refractivity contribution < 1.29 is 4.74 Å². The summed E-state index contributed by atoms with van der Waals surface area (Å²) in [5.41, 5.74) is 13.9. The Kier molecular flexibility index (Phi) is 4.59. The van der Waals surface area contributed by atoms with Gasteiger partial charge in [0.2, 0.25) is 0 Å². The predicted molar refractivity (Wildman–Crippen MR) is 58.0 cm³/mol. The molecule has 0 aliphatic heterocycles. The van der Waals surface area contributed by atoms with Gasteiger partial charge < -0.3 is 16.2 Å². The fraction of sp³-hybridized carbons (Fsp3) is 0.455. The van der Waals surface area contributed by atoms with Crippen molar-refractivity contribution in [1.82, 2.24) is 0 Å². The van der Waals surface area contributed by atoms with Crippen molar-refractivity contribution in [2.75, 3.05) is 20.3 Å². The molecular weight excluding hydrogens is 176 g/mol. The van der Waals surface area contributed by atoms with Gasteiger partial charge in [0.25, 0.3) is 0 Å². The smallest absolute Gasteiger partial charge is 0.0655 e. The molecular formula is C11H18N2O. The van der Waals surface area contributed by atoms with Crippen LogP contribution >= 0.6 is 0 Å². The van der Waals surface area contributed by atoms with E-state index >= 15 is 0 Å². The third-order valence-corrected chi connectivity index (χ3v) is 2.21. The highest BCUT2D eigenvalue weighted by atomic mass is 16.5. The molecule has 0 aliphatic carbocycles. The first-order valence-corrected chi connectivity index (χ1v) is 4.82. The van der Waals surface area contributed by atoms with Crippen molar-refractivity contribution in [3.63, 3.8) is 0 Å². The van der Waals surface area contributed by atoms with Crippen LogP contribution in [0, 0.1) is 0 Å². The lowest BCUT2D eigenvalue weighted by Crippen LogP contribution is -2.18. The molecule has 3 nitrogen and oxygen atoms in total. The van der Waals surface area contributed by atoms with Crippen LogP contribution in [0.2, 0.25) is 0 Å². The first-order chi connectivity index (χ1) is 6.79. The van der Waals surface area contributed by atoms with Gasteiger partial charge in [-0.15, -0.1) is 0 Å². The van der Waals surface area contributed by atoms with Gasteiger partial charge in [-0.1, -0.05) is 24.3 Å². The fourth-order valence-electron chi connectivity index (χ4n) is 1.55. The molecule has 1 unspecified atom stereocenters. The van der Waals surface area contributed by atoms with Crippen LogP contribution in [-0.4, -0.2) is 20.3 Å². The van der Waals surface area contributed by atoms with Gasteiger partial charge >= 0.3 is 0 Å². The first kappa shape index (κ1) is 11.2. The van der Waals surface area contributed by atoms with E-state index in [1.165, 1.54) is 5.56 Å². The maximum absolute atomic E-state index is 5.97. The molecule has 1 rings (SSSR count). The van der Waals surface area contributed by atoms with E-state index in [0.29, 0.717) is 13.2 Å². The molecule has 0 aromatic heterocycles. The molecule has 4 N–H and O–H groups in total. The average Bonchev–Trinajstić information content (AvgIpc) is 2.19. The quantitative estimate of drug-likeness (QED) is 0.730. The minimum Gasteiger partial charge on any atom is -0.383 e. The molecule has 14 heavy (non-hydrogen) atoms. The maximum Gasteiger partial charge on any atom is 0.0655 e. The molecule has 0 fully saturated rings. The number of hydrogen-bond acceptors (Lipinski definition) is 3. The van der Waals surface area contributed by atoms with Gasteiger partial charge in [-0.05, 0) is 24.1 Å². The van der Waals surface area contributed by atoms with Crippen LogP contribution in [0.15, 0.2) is 24.3 Å². The molecule has 0 amide bonds. The Labute approximate surface area is 85.0 Å². The number of methoxy groups -OCH3 is 1. The number of benzene rings is 1. The van der Waals surface area contributed by atoms with Gasteiger partial charge in [-0.25, -0.2) is 0 Å². The van der Waals surface area contributed by atoms with E-state index in [2.05, 4.69) is 6.07 Å². The highest BCUT2D eigenvalue weighted by molar-refractivity contribution is 5.30. The highest BCUT2D eigenvalue weighted by Gasteiger charge is 2.09. The Morgan fingerprint density at radius 3 is 2.71 bits per heavy atom. The summed E-state index contributed by atoms with van der Waals surface area (Å²) in [6.45, 7) is 1.19. The maximum atomic E-state index is 5.97. The van der Waals surface area contributed by atoms with Gasteiger partial charge in [-0.3, -0.25) is 0 Å². The van der Waals surface area contributed by atoms with Gasteiger partial charge in [0, 0.05) is 7.11 Å². The van der Waals surface area contributed by atoms with Gasteiger partial charge in [-0.2, -0.15) is 0 Å². The minimum absolute atomic E-state index is 0.0530. The Hall–Kier alpha value is -0.900. The molecule has 0 saturated carbocycles. The van der Waals surface area contributed by atoms with Crippen molar-refractivity contribution in [3.05, 3.63) is 35.4 Å². The summed E-state index contributed by atoms with van der Waals surface area (Å²) >= 11 is 0. The summed E-state index contributed by atoms with van der Waals surface area (Å²) < 4.78 is 5.03. The Morgan fingerprint density at radius 1 is 1.36 bits per heavy atom. The van der Waals surface area contributed by atoms with E-state index in [-0.39, 0.29) is 6.04 Å². The van der Waals surface area contributed by atoms with Crippen LogP contribution in [0.5, 0.6) is 0 Å². The molecule has 1 aromatic rings. The van der Waals surface area contributed by atoms with Crippen molar-refractivity contribution in [2.24, 2.45) is 11.5 Å². The summed E-state index contributed by atoms with van der Waals surface area (Å²) in [7, 11) is 1.66. The zero-order valence-corrected chi connectivity index (χ0v) is 8.57. The molecule has 0 radical (unpaired) electrons. The van der Waals surface area contributed by atoms with Gasteiger partial charge in [0.15, 0.2) is 0 Å². The van der Waals surface area contributed by atoms with E-state index in [1.54, 1.807) is 7.11 Å². The Balaban J connectivity index is 2.82. The third-order valence-electron chi connectivity index (χ3n) is 2.21. The lowest BCUT2D eigenvalue weighted by atomic mass is 9.99. The third kappa shape index (κ3) is 2.80. The van der Waals surface area contributed by atoms with E-state index in [9.17, 15) is 0 Å². The minimum atomic E-state index is -0.0530. The number of rotatable bonds is 5. The fourth-order valence-corrected chi connectivity index (χ4v) is 1.55. The summed E-state index contributed by atoms with van der Waals surface area (Å²) in [5, 5.41) is 0. The highest BCUT2D eigenvalue weighted by Crippen LogP contribution is 2.16. The largest absolute Gasteiger partial charge is 0.383 e. The topological polar surface area (TPSA) is 61.3 Å². The van der Waals surface area contributed by atoms with Crippen molar-refractivity contribution in [3.8, 4) is 0 Å². The number of ether oxygens (including phenoxy) is 1. The van der Waals surface area contributed by atoms with Crippen molar-refractivity contribution >= 4 is 0 Å². The molecule has 78 valence electrons. The number of nitrogens with two attached hydrogens (primary N) is 2. The molecule has 1 aromatic carbocycles. The van der Waals surface area contributed by atoms with Crippen LogP contribution in [0.4, 0.5) is 0 Å². The van der Waals surface area contributed by atoms with Crippen LogP contribution in [0.3, 0.4) is 0 Å². The average molecular weight is 194 g/mol. The lowest BCUT2D eigenvalue weighted by molar-refractivity contribution is 0.180. The second kappa shape index (κ2) is 5.75. The first-order valence-electron chi connectivity index (χ1n) is 4.82. The van der Waals surface area contributed by atoms with Crippen molar-refractivity contribution in [1.29, 1.82) is 0 Å². The molecule has 3 heteroatoms. The predicted octanol–water partition coefficient (Wildman–Crippen LogP) is 0.834.